The number of hydrogen-bond donors (Lipinski definition) is 0. The van der Waals surface area contributed by atoms with Crippen molar-refractivity contribution in [3.8, 4) is 0 Å². The Morgan fingerprint density at radius 3 is 2.79 bits per heavy atom. The van der Waals surface area contributed by atoms with Gasteiger partial charge in [-0.3, -0.25) is 4.79 Å². The molecule has 0 aliphatic carbocycles. The van der Waals surface area contributed by atoms with Gasteiger partial charge in [-0.05, 0) is 13.3 Å². The maximum absolute atomic E-state index is 11.7. The molecule has 0 saturated carbocycles. The van der Waals surface area contributed by atoms with Gasteiger partial charge in [0, 0.05) is 18.2 Å². The molecule has 19 heavy (non-hydrogen) atoms. The summed E-state index contributed by atoms with van der Waals surface area (Å²) in [4.78, 5) is 17.9. The van der Waals surface area contributed by atoms with Gasteiger partial charge in [-0.15, -0.1) is 0 Å². The number of sulfone groups is 1. The van der Waals surface area contributed by atoms with E-state index in [1.54, 1.807) is 0 Å². The molecule has 108 valence electrons. The van der Waals surface area contributed by atoms with E-state index in [4.69, 9.17) is 0 Å². The minimum absolute atomic E-state index is 0.00211. The average molecular weight is 304 g/mol. The normalized spacial score (nSPS) is 30.8. The van der Waals surface area contributed by atoms with Gasteiger partial charge in [0.1, 0.15) is 0 Å². The van der Waals surface area contributed by atoms with Crippen LogP contribution in [0.4, 0.5) is 0 Å². The summed E-state index contributed by atoms with van der Waals surface area (Å²) in [6.07, 6.45) is 2.31. The summed E-state index contributed by atoms with van der Waals surface area (Å²) in [6.45, 7) is 4.71. The Morgan fingerprint density at radius 2 is 2.16 bits per heavy atom. The molecule has 2 saturated heterocycles. The standard InChI is InChI=1S/C12H20N2O3S2/c1-3-5-6-11(15)13-12-14(4-2)9-7-19(16,17)8-10(9)18-12/h9-10H,3-8H2,1-2H3/t9-,10+/m0/s1. The number of carbonyl (C=O) groups is 1. The molecule has 0 aromatic carbocycles. The molecule has 2 atom stereocenters. The van der Waals surface area contributed by atoms with Crippen LogP contribution in [0, 0.1) is 0 Å². The molecule has 2 fully saturated rings. The fraction of sp³-hybridized carbons (Fsp3) is 0.833. The van der Waals surface area contributed by atoms with Crippen LogP contribution in [0.5, 0.6) is 0 Å². The fourth-order valence-corrected chi connectivity index (χ4v) is 6.53. The van der Waals surface area contributed by atoms with Crippen molar-refractivity contribution in [3.63, 3.8) is 0 Å². The van der Waals surface area contributed by atoms with E-state index in [0.29, 0.717) is 18.1 Å². The van der Waals surface area contributed by atoms with E-state index < -0.39 is 9.84 Å². The lowest BCUT2D eigenvalue weighted by Crippen LogP contribution is -2.37. The summed E-state index contributed by atoms with van der Waals surface area (Å²) in [6, 6.07) is -0.00211. The molecule has 2 heterocycles. The van der Waals surface area contributed by atoms with Crippen molar-refractivity contribution in [1.82, 2.24) is 4.90 Å². The maximum Gasteiger partial charge on any atom is 0.248 e. The molecule has 2 rings (SSSR count). The van der Waals surface area contributed by atoms with Gasteiger partial charge in [-0.1, -0.05) is 25.1 Å². The molecular formula is C12H20N2O3S2. The van der Waals surface area contributed by atoms with Crippen LogP contribution in [-0.4, -0.2) is 53.7 Å². The number of amidine groups is 1. The fourth-order valence-electron chi connectivity index (χ4n) is 2.50. The van der Waals surface area contributed by atoms with Crippen molar-refractivity contribution in [3.05, 3.63) is 0 Å². The molecular weight excluding hydrogens is 284 g/mol. The first kappa shape index (κ1) is 14.8. The smallest absolute Gasteiger partial charge is 0.248 e. The molecule has 0 unspecified atom stereocenters. The molecule has 0 spiro atoms. The number of nitrogens with zero attached hydrogens (tertiary/aromatic N) is 2. The minimum Gasteiger partial charge on any atom is -0.346 e. The largest absolute Gasteiger partial charge is 0.346 e. The van der Waals surface area contributed by atoms with E-state index in [2.05, 4.69) is 4.99 Å². The Morgan fingerprint density at radius 1 is 1.42 bits per heavy atom. The lowest BCUT2D eigenvalue weighted by Gasteiger charge is -2.22. The second kappa shape index (κ2) is 5.83. The van der Waals surface area contributed by atoms with Crippen LogP contribution >= 0.6 is 11.8 Å². The van der Waals surface area contributed by atoms with Crippen molar-refractivity contribution in [2.45, 2.75) is 44.4 Å². The quantitative estimate of drug-likeness (QED) is 0.783. The Labute approximate surface area is 118 Å². The van der Waals surface area contributed by atoms with Crippen LogP contribution in [0.2, 0.25) is 0 Å². The predicted octanol–water partition coefficient (Wildman–Crippen LogP) is 1.29. The molecule has 5 nitrogen and oxygen atoms in total. The molecule has 0 aromatic heterocycles. The number of amides is 1. The van der Waals surface area contributed by atoms with Crippen LogP contribution in [0.15, 0.2) is 4.99 Å². The van der Waals surface area contributed by atoms with E-state index in [9.17, 15) is 13.2 Å². The highest BCUT2D eigenvalue weighted by Crippen LogP contribution is 2.37. The number of carbonyl (C=O) groups excluding carboxylic acids is 1. The molecule has 7 heteroatoms. The van der Waals surface area contributed by atoms with Crippen LogP contribution in [0.1, 0.15) is 33.1 Å². The number of aliphatic imine (C=N–C) groups is 1. The Hall–Kier alpha value is -0.560. The first-order valence-corrected chi connectivity index (χ1v) is 9.42. The Balaban J connectivity index is 2.09. The number of fused-ring (bicyclic) bond motifs is 1. The van der Waals surface area contributed by atoms with E-state index in [-0.39, 0.29) is 28.7 Å². The average Bonchev–Trinajstić information content (AvgIpc) is 2.77. The number of thioether (sulfide) groups is 1. The van der Waals surface area contributed by atoms with Gasteiger partial charge in [0.25, 0.3) is 0 Å². The third-order valence-corrected chi connectivity index (χ3v) is 6.73. The summed E-state index contributed by atoms with van der Waals surface area (Å²) in [5, 5.41) is 0.760. The number of unbranched alkanes of at least 4 members (excludes halogenated alkanes) is 1. The zero-order valence-electron chi connectivity index (χ0n) is 11.3. The molecule has 0 aromatic rings. The van der Waals surface area contributed by atoms with Crippen molar-refractivity contribution >= 4 is 32.7 Å². The molecule has 0 bridgehead atoms. The van der Waals surface area contributed by atoms with Crippen LogP contribution in [0.25, 0.3) is 0 Å². The summed E-state index contributed by atoms with van der Waals surface area (Å²) in [5.74, 6) is 0.312. The van der Waals surface area contributed by atoms with Gasteiger partial charge >= 0.3 is 0 Å². The number of rotatable bonds is 4. The van der Waals surface area contributed by atoms with Crippen molar-refractivity contribution in [2.75, 3.05) is 18.1 Å². The van der Waals surface area contributed by atoms with Gasteiger partial charge in [0.15, 0.2) is 15.0 Å². The van der Waals surface area contributed by atoms with Crippen molar-refractivity contribution in [1.29, 1.82) is 0 Å². The molecule has 2 aliphatic heterocycles. The highest BCUT2D eigenvalue weighted by atomic mass is 32.2. The van der Waals surface area contributed by atoms with E-state index >= 15 is 0 Å². The molecule has 0 radical (unpaired) electrons. The van der Waals surface area contributed by atoms with Gasteiger partial charge in [-0.2, -0.15) is 4.99 Å². The zero-order chi connectivity index (χ0) is 14.0. The third-order valence-electron chi connectivity index (χ3n) is 3.48. The first-order chi connectivity index (χ1) is 8.96. The topological polar surface area (TPSA) is 66.8 Å². The van der Waals surface area contributed by atoms with Crippen molar-refractivity contribution in [2.24, 2.45) is 4.99 Å². The lowest BCUT2D eigenvalue weighted by atomic mass is 10.2. The van der Waals surface area contributed by atoms with Crippen LogP contribution in [0.3, 0.4) is 0 Å². The lowest BCUT2D eigenvalue weighted by molar-refractivity contribution is -0.117. The highest BCUT2D eigenvalue weighted by molar-refractivity contribution is 8.15. The summed E-state index contributed by atoms with van der Waals surface area (Å²) in [5.41, 5.74) is 0. The van der Waals surface area contributed by atoms with Gasteiger partial charge < -0.3 is 4.90 Å². The Bertz CT molecular complexity index is 487. The first-order valence-electron chi connectivity index (χ1n) is 6.72. The monoisotopic (exact) mass is 304 g/mol. The van der Waals surface area contributed by atoms with E-state index in [1.165, 1.54) is 11.8 Å². The van der Waals surface area contributed by atoms with Gasteiger partial charge in [0.2, 0.25) is 5.91 Å². The van der Waals surface area contributed by atoms with Crippen LogP contribution in [-0.2, 0) is 14.6 Å². The van der Waals surface area contributed by atoms with Gasteiger partial charge in [-0.25, -0.2) is 8.42 Å². The van der Waals surface area contributed by atoms with Gasteiger partial charge in [0.05, 0.1) is 17.5 Å². The van der Waals surface area contributed by atoms with Crippen molar-refractivity contribution < 1.29 is 13.2 Å². The summed E-state index contributed by atoms with van der Waals surface area (Å²) < 4.78 is 23.3. The zero-order valence-corrected chi connectivity index (χ0v) is 13.0. The molecule has 1 amide bonds. The number of hydrogen-bond acceptors (Lipinski definition) is 4. The van der Waals surface area contributed by atoms with E-state index in [0.717, 1.165) is 12.8 Å². The maximum atomic E-state index is 11.7. The van der Waals surface area contributed by atoms with E-state index in [1.807, 2.05) is 18.7 Å². The third kappa shape index (κ3) is 3.31. The Kier molecular flexibility index (Phi) is 4.55. The summed E-state index contributed by atoms with van der Waals surface area (Å²) >= 11 is 1.45. The second-order valence-corrected chi connectivity index (χ2v) is 8.34. The molecule has 0 N–H and O–H groups in total. The second-order valence-electron chi connectivity index (χ2n) is 4.98. The highest BCUT2D eigenvalue weighted by Gasteiger charge is 2.48. The van der Waals surface area contributed by atoms with Crippen LogP contribution < -0.4 is 0 Å². The minimum atomic E-state index is -2.92. The SMILES string of the molecule is CCCCC(=O)N=C1S[C@@H]2CS(=O)(=O)C[C@@H]2N1CC. The molecule has 2 aliphatic rings. The summed E-state index contributed by atoms with van der Waals surface area (Å²) in [7, 11) is -2.92. The predicted molar refractivity (Wildman–Crippen MR) is 78.2 cm³/mol.